The van der Waals surface area contributed by atoms with Crippen molar-refractivity contribution in [3.63, 3.8) is 0 Å². The third-order valence-corrected chi connectivity index (χ3v) is 13.1. The van der Waals surface area contributed by atoms with Crippen molar-refractivity contribution >= 4 is 23.7 Å². The molecule has 4 saturated carbocycles. The number of nitrogens with zero attached hydrogens (tertiary/aromatic N) is 4. The summed E-state index contributed by atoms with van der Waals surface area (Å²) < 4.78 is 31.6. The minimum atomic E-state index is -1.00. The number of aromatic carboxylic acids is 1. The molecule has 4 fully saturated rings. The first-order valence-corrected chi connectivity index (χ1v) is 22.0. The number of nitrogens with one attached hydrogen (secondary N) is 1. The predicted octanol–water partition coefficient (Wildman–Crippen LogP) is 7.56. The number of ether oxygens (including phenoxy) is 5. The Morgan fingerprint density at radius 1 is 0.887 bits per heavy atom. The summed E-state index contributed by atoms with van der Waals surface area (Å²) in [7, 11) is 3.17. The molecule has 3 unspecified atom stereocenters. The zero-order valence-electron chi connectivity index (χ0n) is 38.7. The van der Waals surface area contributed by atoms with Crippen molar-refractivity contribution in [2.24, 2.45) is 16.2 Å². The molecule has 5 aliphatic rings. The molecule has 2 aromatic heterocycles. The van der Waals surface area contributed by atoms with E-state index in [9.17, 15) is 19.5 Å². The summed E-state index contributed by atoms with van der Waals surface area (Å²) in [5.74, 6) is -0.662. The van der Waals surface area contributed by atoms with Gasteiger partial charge in [-0.3, -0.25) is 9.48 Å². The molecule has 4 aliphatic carbocycles. The molecule has 0 spiro atoms. The van der Waals surface area contributed by atoms with Crippen LogP contribution < -0.4 is 15.0 Å². The van der Waals surface area contributed by atoms with Crippen LogP contribution in [0.3, 0.4) is 0 Å². The van der Waals surface area contributed by atoms with Crippen molar-refractivity contribution in [3.8, 4) is 16.9 Å². The second-order valence-corrected chi connectivity index (χ2v) is 21.3. The quantitative estimate of drug-likeness (QED) is 0.114. The van der Waals surface area contributed by atoms with E-state index >= 15 is 0 Å². The van der Waals surface area contributed by atoms with E-state index in [1.807, 2.05) is 64.8 Å². The first kappa shape index (κ1) is 45.5. The fourth-order valence-corrected chi connectivity index (χ4v) is 12.1. The summed E-state index contributed by atoms with van der Waals surface area (Å²) in [5, 5.41) is 18.4. The van der Waals surface area contributed by atoms with E-state index in [1.54, 1.807) is 26.4 Å². The van der Waals surface area contributed by atoms with Crippen molar-refractivity contribution in [3.05, 3.63) is 58.5 Å². The minimum Gasteiger partial charge on any atom is -0.496 e. The summed E-state index contributed by atoms with van der Waals surface area (Å²) in [4.78, 5) is 46.1. The summed E-state index contributed by atoms with van der Waals surface area (Å²) in [6.07, 6.45) is 8.63. The first-order chi connectivity index (χ1) is 29.0. The maximum atomic E-state index is 14.0. The van der Waals surface area contributed by atoms with Crippen LogP contribution in [0, 0.1) is 23.2 Å². The average Bonchev–Trinajstić information content (AvgIpc) is 3.50. The number of pyridine rings is 1. The van der Waals surface area contributed by atoms with Crippen LogP contribution in [0.5, 0.6) is 5.75 Å². The highest BCUT2D eigenvalue weighted by molar-refractivity contribution is 5.96. The van der Waals surface area contributed by atoms with Gasteiger partial charge in [0.25, 0.3) is 0 Å². The molecule has 0 saturated heterocycles. The number of benzene rings is 1. The van der Waals surface area contributed by atoms with E-state index < -0.39 is 29.2 Å². The number of aromatic nitrogens is 3. The Kier molecular flexibility index (Phi) is 12.1. The van der Waals surface area contributed by atoms with Gasteiger partial charge in [0.2, 0.25) is 0 Å². The van der Waals surface area contributed by atoms with Crippen molar-refractivity contribution in [2.45, 2.75) is 143 Å². The zero-order chi connectivity index (χ0) is 45.0. The smallest absolute Gasteiger partial charge is 0.358 e. The van der Waals surface area contributed by atoms with E-state index in [2.05, 4.69) is 30.8 Å². The van der Waals surface area contributed by atoms with Crippen LogP contribution in [0.15, 0.2) is 30.5 Å². The van der Waals surface area contributed by atoms with Gasteiger partial charge in [0.1, 0.15) is 28.8 Å². The van der Waals surface area contributed by atoms with Crippen LogP contribution in [-0.4, -0.2) is 101 Å². The summed E-state index contributed by atoms with van der Waals surface area (Å²) in [6.45, 7) is 20.7. The Morgan fingerprint density at radius 2 is 1.58 bits per heavy atom. The van der Waals surface area contributed by atoms with Gasteiger partial charge >= 0.3 is 17.9 Å². The third-order valence-electron chi connectivity index (χ3n) is 13.1. The fraction of sp³-hybridized carbons (Fsp3) is 0.646. The second-order valence-electron chi connectivity index (χ2n) is 21.3. The number of esters is 2. The number of anilines is 1. The highest BCUT2D eigenvalue weighted by Crippen LogP contribution is 2.72. The molecule has 2 N–H and O–H groups in total. The molecule has 3 aromatic rings. The lowest BCUT2D eigenvalue weighted by atomic mass is 9.39. The maximum absolute atomic E-state index is 14.0. The van der Waals surface area contributed by atoms with Crippen LogP contribution in [0.2, 0.25) is 0 Å². The van der Waals surface area contributed by atoms with Crippen LogP contribution in [0.4, 0.5) is 5.82 Å². The highest BCUT2D eigenvalue weighted by atomic mass is 16.6. The van der Waals surface area contributed by atoms with Gasteiger partial charge in [-0.25, -0.2) is 14.6 Å². The molecule has 8 rings (SSSR count). The lowest BCUT2D eigenvalue weighted by molar-refractivity contribution is -0.247. The van der Waals surface area contributed by atoms with E-state index in [0.717, 1.165) is 61.9 Å². The second kappa shape index (κ2) is 16.5. The van der Waals surface area contributed by atoms with Gasteiger partial charge < -0.3 is 39.0 Å². The topological polar surface area (TPSA) is 164 Å². The number of carbonyl (C=O) groups excluding carboxylic acids is 2. The Hall–Kier alpha value is -4.53. The molecule has 1 aliphatic heterocycles. The molecule has 0 radical (unpaired) electrons. The summed E-state index contributed by atoms with van der Waals surface area (Å²) >= 11 is 0. The molecule has 14 nitrogen and oxygen atoms in total. The van der Waals surface area contributed by atoms with Gasteiger partial charge in [-0.2, -0.15) is 5.10 Å². The lowest BCUT2D eigenvalue weighted by Gasteiger charge is -2.69. The molecule has 3 heterocycles. The number of methoxy groups -OCH3 is 2. The van der Waals surface area contributed by atoms with Crippen LogP contribution in [-0.2, 0) is 43.3 Å². The number of carbonyl (C=O) groups is 3. The van der Waals surface area contributed by atoms with Crippen LogP contribution in [0.1, 0.15) is 132 Å². The normalized spacial score (nSPS) is 26.0. The highest BCUT2D eigenvalue weighted by Gasteiger charge is 2.66. The van der Waals surface area contributed by atoms with Gasteiger partial charge in [0.15, 0.2) is 5.69 Å². The number of hydrogen-bond donors (Lipinski definition) is 2. The predicted molar refractivity (Wildman–Crippen MR) is 235 cm³/mol. The number of carboxylic acid groups (broad SMARTS) is 1. The number of rotatable bonds is 15. The minimum absolute atomic E-state index is 0.0486. The number of carboxylic acids is 1. The molecule has 1 aromatic carbocycles. The van der Waals surface area contributed by atoms with E-state index in [-0.39, 0.29) is 45.7 Å². The van der Waals surface area contributed by atoms with Crippen LogP contribution in [0.25, 0.3) is 11.1 Å². The van der Waals surface area contributed by atoms with Crippen molar-refractivity contribution in [2.75, 3.05) is 45.4 Å². The summed E-state index contributed by atoms with van der Waals surface area (Å²) in [6, 6.07) is 6.51. The molecule has 0 amide bonds. The average molecular weight is 858 g/mol. The Labute approximate surface area is 366 Å². The first-order valence-electron chi connectivity index (χ1n) is 22.0. The Balaban J connectivity index is 1.13. The standard InChI is InChI=1S/C48H67N5O9/c1-30-34(32-13-15-38(51-39(32)42(57)62-44(5,6)7)52-18-16-31-35(21-52)33(40(54)55)12-14-37(31)59-11)20-50-53(30)29-47-24-45(8)23-46(9,25-47)27-48(26-45,28-47)60-19-17-49-36(22-58-10)41(56)61-43(2,3)4/h12-15,20,36,49H,16-19,21-29H2,1-11H3,(H,54,55). The largest absolute Gasteiger partial charge is 0.496 e. The van der Waals surface area contributed by atoms with Gasteiger partial charge in [-0.1, -0.05) is 13.8 Å². The van der Waals surface area contributed by atoms with Gasteiger partial charge in [-0.05, 0) is 139 Å². The lowest BCUT2D eigenvalue weighted by Crippen LogP contribution is -2.64. The van der Waals surface area contributed by atoms with Crippen molar-refractivity contribution in [1.82, 2.24) is 20.1 Å². The Bertz CT molecular complexity index is 2180. The van der Waals surface area contributed by atoms with E-state index in [0.29, 0.717) is 55.4 Å². The van der Waals surface area contributed by atoms with E-state index in [1.165, 1.54) is 0 Å². The monoisotopic (exact) mass is 857 g/mol. The van der Waals surface area contributed by atoms with E-state index in [4.69, 9.17) is 33.8 Å². The molecule has 338 valence electrons. The third kappa shape index (κ3) is 9.52. The molecule has 4 bridgehead atoms. The van der Waals surface area contributed by atoms with Crippen molar-refractivity contribution in [1.29, 1.82) is 0 Å². The Morgan fingerprint density at radius 3 is 2.21 bits per heavy atom. The van der Waals surface area contributed by atoms with Gasteiger partial charge in [0.05, 0.1) is 37.7 Å². The zero-order valence-corrected chi connectivity index (χ0v) is 38.7. The molecule has 62 heavy (non-hydrogen) atoms. The van der Waals surface area contributed by atoms with Crippen LogP contribution >= 0.6 is 0 Å². The van der Waals surface area contributed by atoms with Gasteiger partial charge in [0, 0.05) is 55.7 Å². The fourth-order valence-electron chi connectivity index (χ4n) is 12.1. The molecular formula is C48H67N5O9. The molecule has 3 atom stereocenters. The number of hydrogen-bond acceptors (Lipinski definition) is 12. The maximum Gasteiger partial charge on any atom is 0.358 e. The van der Waals surface area contributed by atoms with Gasteiger partial charge in [-0.15, -0.1) is 0 Å². The van der Waals surface area contributed by atoms with Crippen molar-refractivity contribution < 1.29 is 43.2 Å². The molecule has 14 heteroatoms. The summed E-state index contributed by atoms with van der Waals surface area (Å²) in [5.41, 5.74) is 2.87. The molecular weight excluding hydrogens is 791 g/mol. The number of fused-ring (bicyclic) bond motifs is 1. The SMILES string of the molecule is COCC(NCCOC12CC3(C)CC(C)(CC(Cn4ncc(-c5ccc(N6CCc7c(OC)ccc(C(=O)O)c7C6)nc5C(=O)OC(C)(C)C)c4C)(C3)C1)C2)C(=O)OC(C)(C)C.